The van der Waals surface area contributed by atoms with Gasteiger partial charge in [0.2, 0.25) is 0 Å². The van der Waals surface area contributed by atoms with Crippen LogP contribution in [-0.2, 0) is 16.0 Å². The molecule has 1 rings (SSSR count). The third-order valence-electron chi connectivity index (χ3n) is 1.68. The highest BCUT2D eigenvalue weighted by atomic mass is 16.7. The topological polar surface area (TPSA) is 79.4 Å². The van der Waals surface area contributed by atoms with Crippen LogP contribution >= 0.6 is 0 Å². The molecule has 14 heavy (non-hydrogen) atoms. The van der Waals surface area contributed by atoms with Crippen molar-refractivity contribution in [1.82, 2.24) is 9.78 Å². The Morgan fingerprint density at radius 2 is 2.29 bits per heavy atom. The second-order valence-corrected chi connectivity index (χ2v) is 2.55. The van der Waals surface area contributed by atoms with Gasteiger partial charge in [0, 0.05) is 14.2 Å². The van der Waals surface area contributed by atoms with Gasteiger partial charge < -0.3 is 19.6 Å². The van der Waals surface area contributed by atoms with Gasteiger partial charge in [-0.3, -0.25) is 0 Å². The molecule has 0 aliphatic carbocycles. The van der Waals surface area contributed by atoms with Crippen LogP contribution in [0.3, 0.4) is 0 Å². The van der Waals surface area contributed by atoms with E-state index >= 15 is 0 Å². The van der Waals surface area contributed by atoms with Gasteiger partial charge in [0.25, 0.3) is 0 Å². The van der Waals surface area contributed by atoms with Gasteiger partial charge >= 0.3 is 5.82 Å². The number of rotatable bonds is 5. The van der Waals surface area contributed by atoms with Crippen LogP contribution in [-0.4, -0.2) is 35.2 Å². The Balaban J connectivity index is 2.63. The minimum absolute atomic E-state index is 0.184. The van der Waals surface area contributed by atoms with E-state index in [1.807, 2.05) is 0 Å². The normalized spacial score (nSPS) is 10.8. The standard InChI is InChI=1S/C7H11N3O4/c1-13-7(14-2)5-9-4-3-6(8-9)10(11)12/h3-4,7H,5H2,1-2H3. The van der Waals surface area contributed by atoms with Gasteiger partial charge in [-0.2, -0.15) is 4.68 Å². The molecule has 0 spiro atoms. The molecule has 0 aromatic carbocycles. The summed E-state index contributed by atoms with van der Waals surface area (Å²) in [5.74, 6) is -0.184. The summed E-state index contributed by atoms with van der Waals surface area (Å²) < 4.78 is 11.2. The molecular formula is C7H11N3O4. The lowest BCUT2D eigenvalue weighted by Gasteiger charge is -2.10. The van der Waals surface area contributed by atoms with Crippen LogP contribution in [0.15, 0.2) is 12.3 Å². The van der Waals surface area contributed by atoms with Crippen molar-refractivity contribution in [2.45, 2.75) is 12.8 Å². The lowest BCUT2D eigenvalue weighted by Crippen LogP contribution is -2.20. The van der Waals surface area contributed by atoms with E-state index in [1.165, 1.54) is 31.2 Å². The molecule has 0 atom stereocenters. The molecule has 0 saturated carbocycles. The van der Waals surface area contributed by atoms with E-state index in [4.69, 9.17) is 9.47 Å². The van der Waals surface area contributed by atoms with Crippen molar-refractivity contribution in [3.8, 4) is 0 Å². The fourth-order valence-electron chi connectivity index (χ4n) is 0.948. The summed E-state index contributed by atoms with van der Waals surface area (Å²) in [4.78, 5) is 9.76. The third-order valence-corrected chi connectivity index (χ3v) is 1.68. The molecular weight excluding hydrogens is 190 g/mol. The Labute approximate surface area is 80.4 Å². The summed E-state index contributed by atoms with van der Waals surface area (Å²) in [6.07, 6.45) is 1.05. The summed E-state index contributed by atoms with van der Waals surface area (Å²) >= 11 is 0. The Morgan fingerprint density at radius 1 is 1.64 bits per heavy atom. The maximum atomic E-state index is 10.3. The number of aromatic nitrogens is 2. The van der Waals surface area contributed by atoms with Crippen molar-refractivity contribution >= 4 is 5.82 Å². The van der Waals surface area contributed by atoms with E-state index in [0.29, 0.717) is 6.54 Å². The first-order valence-corrected chi connectivity index (χ1v) is 3.90. The number of ether oxygens (including phenoxy) is 2. The van der Waals surface area contributed by atoms with Crippen LogP contribution in [0.4, 0.5) is 5.82 Å². The van der Waals surface area contributed by atoms with E-state index in [1.54, 1.807) is 0 Å². The number of nitro groups is 1. The molecule has 0 radical (unpaired) electrons. The zero-order valence-corrected chi connectivity index (χ0v) is 7.91. The van der Waals surface area contributed by atoms with Gasteiger partial charge in [-0.05, 0) is 4.92 Å². The smallest absolute Gasteiger partial charge is 0.358 e. The van der Waals surface area contributed by atoms with E-state index in [-0.39, 0.29) is 5.82 Å². The van der Waals surface area contributed by atoms with Crippen molar-refractivity contribution in [2.75, 3.05) is 14.2 Å². The zero-order valence-electron chi connectivity index (χ0n) is 7.91. The minimum Gasteiger partial charge on any atom is -0.358 e. The second-order valence-electron chi connectivity index (χ2n) is 2.55. The van der Waals surface area contributed by atoms with Crippen LogP contribution in [0.5, 0.6) is 0 Å². The van der Waals surface area contributed by atoms with Gasteiger partial charge in [-0.25, -0.2) is 0 Å². The van der Waals surface area contributed by atoms with Crippen molar-refractivity contribution in [1.29, 1.82) is 0 Å². The Bertz CT molecular complexity index is 308. The van der Waals surface area contributed by atoms with Gasteiger partial charge in [-0.1, -0.05) is 0 Å². The van der Waals surface area contributed by atoms with Gasteiger partial charge in [-0.15, -0.1) is 0 Å². The summed E-state index contributed by atoms with van der Waals surface area (Å²) in [5.41, 5.74) is 0. The first-order chi connectivity index (χ1) is 6.67. The predicted molar refractivity (Wildman–Crippen MR) is 46.7 cm³/mol. The quantitative estimate of drug-likeness (QED) is 0.391. The Morgan fingerprint density at radius 3 is 2.71 bits per heavy atom. The lowest BCUT2D eigenvalue weighted by molar-refractivity contribution is -0.389. The summed E-state index contributed by atoms with van der Waals surface area (Å²) in [6, 6.07) is 1.32. The first-order valence-electron chi connectivity index (χ1n) is 3.90. The van der Waals surface area contributed by atoms with Crippen LogP contribution in [0.2, 0.25) is 0 Å². The molecule has 78 valence electrons. The highest BCUT2D eigenvalue weighted by Gasteiger charge is 2.14. The monoisotopic (exact) mass is 201 g/mol. The maximum absolute atomic E-state index is 10.3. The zero-order chi connectivity index (χ0) is 10.6. The van der Waals surface area contributed by atoms with Gasteiger partial charge in [0.05, 0.1) is 17.4 Å². The van der Waals surface area contributed by atoms with Crippen LogP contribution in [0, 0.1) is 10.1 Å². The van der Waals surface area contributed by atoms with Crippen molar-refractivity contribution in [2.24, 2.45) is 0 Å². The van der Waals surface area contributed by atoms with Crippen molar-refractivity contribution in [3.05, 3.63) is 22.4 Å². The van der Waals surface area contributed by atoms with Gasteiger partial charge in [0.1, 0.15) is 6.54 Å². The number of hydrogen-bond donors (Lipinski definition) is 0. The average molecular weight is 201 g/mol. The SMILES string of the molecule is COC(Cn1ccc([N+](=O)[O-])n1)OC. The molecule has 0 N–H and O–H groups in total. The van der Waals surface area contributed by atoms with Crippen LogP contribution in [0.1, 0.15) is 0 Å². The Kier molecular flexibility index (Phi) is 3.55. The molecule has 0 unspecified atom stereocenters. The molecule has 1 aromatic heterocycles. The minimum atomic E-state index is -0.550. The van der Waals surface area contributed by atoms with E-state index < -0.39 is 11.2 Å². The van der Waals surface area contributed by atoms with E-state index in [0.717, 1.165) is 0 Å². The van der Waals surface area contributed by atoms with Crippen molar-refractivity contribution in [3.63, 3.8) is 0 Å². The first kappa shape index (κ1) is 10.6. The number of methoxy groups -OCH3 is 2. The molecule has 0 aliphatic rings. The summed E-state index contributed by atoms with van der Waals surface area (Å²) in [5, 5.41) is 14.0. The molecule has 1 aromatic rings. The lowest BCUT2D eigenvalue weighted by atomic mass is 10.6. The molecule has 7 nitrogen and oxygen atoms in total. The fraction of sp³-hybridized carbons (Fsp3) is 0.571. The predicted octanol–water partition coefficient (Wildman–Crippen LogP) is 0.410. The molecule has 1 heterocycles. The fourth-order valence-corrected chi connectivity index (χ4v) is 0.948. The van der Waals surface area contributed by atoms with Gasteiger partial charge in [0.15, 0.2) is 6.29 Å². The van der Waals surface area contributed by atoms with Crippen LogP contribution < -0.4 is 0 Å². The second kappa shape index (κ2) is 4.68. The molecule has 0 saturated heterocycles. The maximum Gasteiger partial charge on any atom is 0.389 e. The largest absolute Gasteiger partial charge is 0.389 e. The van der Waals surface area contributed by atoms with Crippen molar-refractivity contribution < 1.29 is 14.4 Å². The van der Waals surface area contributed by atoms with E-state index in [2.05, 4.69) is 5.10 Å². The highest BCUT2D eigenvalue weighted by Crippen LogP contribution is 2.06. The molecule has 7 heteroatoms. The summed E-state index contributed by atoms with van der Waals surface area (Å²) in [7, 11) is 2.98. The molecule has 0 bridgehead atoms. The van der Waals surface area contributed by atoms with Crippen LogP contribution in [0.25, 0.3) is 0 Å². The molecule has 0 amide bonds. The summed E-state index contributed by atoms with van der Waals surface area (Å²) in [6.45, 7) is 0.320. The highest BCUT2D eigenvalue weighted by molar-refractivity contribution is 5.13. The Hall–Kier alpha value is -1.47. The third kappa shape index (κ3) is 2.51. The molecule has 0 fully saturated rings. The molecule has 0 aliphatic heterocycles. The number of nitrogens with zero attached hydrogens (tertiary/aromatic N) is 3. The average Bonchev–Trinajstić information content (AvgIpc) is 2.62. The number of hydrogen-bond acceptors (Lipinski definition) is 5. The van der Waals surface area contributed by atoms with E-state index in [9.17, 15) is 10.1 Å².